The lowest BCUT2D eigenvalue weighted by Crippen LogP contribution is -2.49. The first-order chi connectivity index (χ1) is 10.5. The maximum atomic E-state index is 10.1. The molecule has 6 atom stereocenters. The van der Waals surface area contributed by atoms with Crippen molar-refractivity contribution in [2.45, 2.75) is 78.2 Å². The van der Waals surface area contributed by atoms with Gasteiger partial charge in [0.15, 0.2) is 0 Å². The number of fused-ring (bicyclic) bond motifs is 5. The van der Waals surface area contributed by atoms with Crippen molar-refractivity contribution < 1.29 is 5.11 Å². The molecule has 0 aliphatic heterocycles. The Bertz CT molecular complexity index is 530. The highest BCUT2D eigenvalue weighted by atomic mass is 16.3. The molecular weight excluding hydrogens is 268 g/mol. The molecule has 0 saturated heterocycles. The Morgan fingerprint density at radius 2 is 1.82 bits per heavy atom. The lowest BCUT2D eigenvalue weighted by Gasteiger charge is -2.57. The van der Waals surface area contributed by atoms with Gasteiger partial charge in [0, 0.05) is 0 Å². The minimum atomic E-state index is -0.0779. The normalized spacial score (nSPS) is 52.7. The number of rotatable bonds is 0. The molecule has 1 nitrogen and oxygen atoms in total. The Kier molecular flexibility index (Phi) is 3.39. The van der Waals surface area contributed by atoms with Gasteiger partial charge in [0.05, 0.1) is 6.10 Å². The monoisotopic (exact) mass is 300 g/mol. The predicted octanol–water partition coefficient (Wildman–Crippen LogP) is 5.26. The molecule has 4 aliphatic rings. The van der Waals surface area contributed by atoms with E-state index in [9.17, 15) is 5.11 Å². The average Bonchev–Trinajstić information content (AvgIpc) is 2.84. The van der Waals surface area contributed by atoms with Gasteiger partial charge in [-0.1, -0.05) is 37.1 Å². The zero-order valence-electron chi connectivity index (χ0n) is 14.6. The van der Waals surface area contributed by atoms with Crippen LogP contribution in [0.15, 0.2) is 23.3 Å². The van der Waals surface area contributed by atoms with Crippen LogP contribution >= 0.6 is 0 Å². The quantitative estimate of drug-likeness (QED) is 0.605. The molecule has 3 unspecified atom stereocenters. The number of aliphatic hydroxyl groups excluding tert-OH is 1. The van der Waals surface area contributed by atoms with Crippen LogP contribution in [0.25, 0.3) is 0 Å². The molecule has 1 heteroatoms. The topological polar surface area (TPSA) is 20.2 Å². The highest BCUT2D eigenvalue weighted by Crippen LogP contribution is 2.66. The summed E-state index contributed by atoms with van der Waals surface area (Å²) in [6.45, 7) is 7.33. The number of hydrogen-bond donors (Lipinski definition) is 1. The maximum Gasteiger partial charge on any atom is 0.0577 e. The van der Waals surface area contributed by atoms with Crippen LogP contribution in [0.1, 0.15) is 72.1 Å². The van der Waals surface area contributed by atoms with Gasteiger partial charge in [-0.25, -0.2) is 0 Å². The van der Waals surface area contributed by atoms with Gasteiger partial charge in [-0.3, -0.25) is 0 Å². The summed E-state index contributed by atoms with van der Waals surface area (Å²) in [5.74, 6) is 2.66. The van der Waals surface area contributed by atoms with Crippen LogP contribution in [-0.2, 0) is 0 Å². The second-order valence-electron chi connectivity index (χ2n) is 8.96. The van der Waals surface area contributed by atoms with Gasteiger partial charge in [-0.15, -0.1) is 0 Å². The van der Waals surface area contributed by atoms with Crippen molar-refractivity contribution in [3.63, 3.8) is 0 Å². The van der Waals surface area contributed by atoms with Crippen LogP contribution in [0.4, 0.5) is 0 Å². The summed E-state index contributed by atoms with van der Waals surface area (Å²) in [7, 11) is 0. The van der Waals surface area contributed by atoms with Gasteiger partial charge in [-0.05, 0) is 86.9 Å². The van der Waals surface area contributed by atoms with Crippen LogP contribution in [0.2, 0.25) is 0 Å². The smallest absolute Gasteiger partial charge is 0.0577 e. The summed E-state index contributed by atoms with van der Waals surface area (Å²) >= 11 is 0. The molecule has 0 bridgehead atoms. The van der Waals surface area contributed by atoms with Crippen LogP contribution in [0.3, 0.4) is 0 Å². The first-order valence-corrected chi connectivity index (χ1v) is 9.52. The summed E-state index contributed by atoms with van der Waals surface area (Å²) in [4.78, 5) is 0. The van der Waals surface area contributed by atoms with Crippen LogP contribution in [-0.4, -0.2) is 11.2 Å². The zero-order valence-corrected chi connectivity index (χ0v) is 14.6. The summed E-state index contributed by atoms with van der Waals surface area (Å²) in [5, 5.41) is 10.1. The first-order valence-electron chi connectivity index (χ1n) is 9.52. The molecule has 0 aromatic carbocycles. The fourth-order valence-electron chi connectivity index (χ4n) is 6.96. The largest absolute Gasteiger partial charge is 0.393 e. The van der Waals surface area contributed by atoms with Crippen molar-refractivity contribution >= 4 is 0 Å². The Labute approximate surface area is 135 Å². The second-order valence-corrected chi connectivity index (χ2v) is 8.96. The molecule has 4 rings (SSSR count). The molecule has 0 amide bonds. The zero-order chi connectivity index (χ0) is 15.5. The van der Waals surface area contributed by atoms with Gasteiger partial charge >= 0.3 is 0 Å². The fourth-order valence-corrected chi connectivity index (χ4v) is 6.96. The highest BCUT2D eigenvalue weighted by Gasteiger charge is 2.56. The van der Waals surface area contributed by atoms with Gasteiger partial charge in [0.1, 0.15) is 0 Å². The molecule has 4 aliphatic carbocycles. The minimum absolute atomic E-state index is 0.0779. The van der Waals surface area contributed by atoms with Crippen molar-refractivity contribution in [1.29, 1.82) is 0 Å². The molecule has 3 saturated carbocycles. The van der Waals surface area contributed by atoms with Crippen LogP contribution in [0, 0.1) is 28.6 Å². The molecule has 0 aromatic heterocycles. The lowest BCUT2D eigenvalue weighted by atomic mass is 9.48. The van der Waals surface area contributed by atoms with Crippen molar-refractivity contribution in [1.82, 2.24) is 0 Å². The van der Waals surface area contributed by atoms with Gasteiger partial charge in [-0.2, -0.15) is 0 Å². The summed E-state index contributed by atoms with van der Waals surface area (Å²) < 4.78 is 0. The predicted molar refractivity (Wildman–Crippen MR) is 91.5 cm³/mol. The molecule has 1 N–H and O–H groups in total. The lowest BCUT2D eigenvalue weighted by molar-refractivity contribution is -0.0268. The number of hydrogen-bond acceptors (Lipinski definition) is 1. The Morgan fingerprint density at radius 1 is 1.09 bits per heavy atom. The standard InChI is InChI=1S/C21H32O/c1-4-14-6-8-18-17-7-5-15-13-16(22)9-11-21(15,3)19(17)10-12-20(14,18)2/h4-5,16-19,22H,6-13H2,1-3H3/t16-,17?,18?,19?,20+,21-/m0/s1. The third-order valence-electron chi connectivity index (χ3n) is 8.27. The second kappa shape index (κ2) is 4.97. The summed E-state index contributed by atoms with van der Waals surface area (Å²) in [6.07, 6.45) is 14.9. The van der Waals surface area contributed by atoms with E-state index >= 15 is 0 Å². The van der Waals surface area contributed by atoms with Crippen LogP contribution < -0.4 is 0 Å². The summed E-state index contributed by atoms with van der Waals surface area (Å²) in [5.41, 5.74) is 4.23. The number of allylic oxidation sites excluding steroid dienone is 3. The Morgan fingerprint density at radius 3 is 2.59 bits per heavy atom. The Balaban J connectivity index is 1.69. The minimum Gasteiger partial charge on any atom is -0.393 e. The summed E-state index contributed by atoms with van der Waals surface area (Å²) in [6, 6.07) is 0. The van der Waals surface area contributed by atoms with Gasteiger partial charge in [0.25, 0.3) is 0 Å². The molecule has 0 radical (unpaired) electrons. The fraction of sp³-hybridized carbons (Fsp3) is 0.810. The van der Waals surface area contributed by atoms with Gasteiger partial charge < -0.3 is 5.11 Å². The van der Waals surface area contributed by atoms with E-state index in [1.807, 2.05) is 0 Å². The van der Waals surface area contributed by atoms with E-state index < -0.39 is 0 Å². The van der Waals surface area contributed by atoms with E-state index in [1.165, 1.54) is 38.5 Å². The van der Waals surface area contributed by atoms with Crippen molar-refractivity contribution in [3.05, 3.63) is 23.3 Å². The molecule has 0 heterocycles. The van der Waals surface area contributed by atoms with Crippen molar-refractivity contribution in [2.24, 2.45) is 28.6 Å². The molecule has 22 heavy (non-hydrogen) atoms. The van der Waals surface area contributed by atoms with Crippen molar-refractivity contribution in [2.75, 3.05) is 0 Å². The molecule has 122 valence electrons. The SMILES string of the molecule is CC=C1CCC2C3CC=C4C[C@@H](O)CC[C@]4(C)C3CC[C@]12C. The molecule has 0 spiro atoms. The van der Waals surface area contributed by atoms with Crippen molar-refractivity contribution in [3.8, 4) is 0 Å². The maximum absolute atomic E-state index is 10.1. The molecular formula is C21H32O. The van der Waals surface area contributed by atoms with Crippen LogP contribution in [0.5, 0.6) is 0 Å². The molecule has 0 aromatic rings. The van der Waals surface area contributed by atoms with E-state index in [0.717, 1.165) is 30.6 Å². The third-order valence-corrected chi connectivity index (χ3v) is 8.27. The van der Waals surface area contributed by atoms with E-state index in [-0.39, 0.29) is 6.10 Å². The van der Waals surface area contributed by atoms with E-state index in [4.69, 9.17) is 0 Å². The average molecular weight is 300 g/mol. The highest BCUT2D eigenvalue weighted by molar-refractivity contribution is 5.29. The number of aliphatic hydroxyl groups is 1. The third kappa shape index (κ3) is 1.87. The molecule has 3 fully saturated rings. The first kappa shape index (κ1) is 15.0. The van der Waals surface area contributed by atoms with E-state index in [1.54, 1.807) is 11.1 Å². The Hall–Kier alpha value is -0.560. The van der Waals surface area contributed by atoms with E-state index in [2.05, 4.69) is 32.9 Å². The van der Waals surface area contributed by atoms with E-state index in [0.29, 0.717) is 10.8 Å². The van der Waals surface area contributed by atoms with Gasteiger partial charge in [0.2, 0.25) is 0 Å².